The lowest BCUT2D eigenvalue weighted by atomic mass is 10.2. The van der Waals surface area contributed by atoms with Crippen molar-refractivity contribution in [2.75, 3.05) is 11.9 Å². The number of benzene rings is 1. The maximum atomic E-state index is 11.9. The van der Waals surface area contributed by atoms with Crippen LogP contribution in [-0.2, 0) is 0 Å². The van der Waals surface area contributed by atoms with Crippen molar-refractivity contribution in [2.24, 2.45) is 5.73 Å². The third-order valence-corrected chi connectivity index (χ3v) is 2.73. The van der Waals surface area contributed by atoms with E-state index >= 15 is 0 Å². The van der Waals surface area contributed by atoms with Gasteiger partial charge in [0.15, 0.2) is 0 Å². The molecule has 0 aliphatic rings. The maximum Gasteiger partial charge on any atom is 0.294 e. The molecule has 0 bridgehead atoms. The third kappa shape index (κ3) is 3.38. The molecule has 1 aromatic heterocycles. The second-order valence-corrected chi connectivity index (χ2v) is 4.39. The molecule has 1 amide bonds. The van der Waals surface area contributed by atoms with Crippen molar-refractivity contribution in [3.8, 4) is 11.8 Å². The Kier molecular flexibility index (Phi) is 4.41. The minimum absolute atomic E-state index is 0.122. The van der Waals surface area contributed by atoms with Crippen LogP contribution in [0.15, 0.2) is 28.8 Å². The van der Waals surface area contributed by atoms with Gasteiger partial charge in [-0.2, -0.15) is 0 Å². The molecule has 0 radical (unpaired) electrons. The summed E-state index contributed by atoms with van der Waals surface area (Å²) >= 11 is 6.03. The van der Waals surface area contributed by atoms with Gasteiger partial charge < -0.3 is 15.6 Å². The van der Waals surface area contributed by atoms with E-state index in [2.05, 4.69) is 22.3 Å². The highest BCUT2D eigenvalue weighted by atomic mass is 35.5. The van der Waals surface area contributed by atoms with E-state index in [-0.39, 0.29) is 12.3 Å². The second kappa shape index (κ2) is 6.24. The molecule has 1 aromatic carbocycles. The standard InChI is InChI=1S/C14H12ClN3O2/c1-9-7-13(20-18-9)14(19)17-12-8-10(3-2-6-16)4-5-11(12)15/h4-5,7-8H,6,16H2,1H3,(H,17,19). The van der Waals surface area contributed by atoms with E-state index in [0.29, 0.717) is 22.0 Å². The van der Waals surface area contributed by atoms with Crippen LogP contribution >= 0.6 is 11.6 Å². The first-order valence-corrected chi connectivity index (χ1v) is 6.21. The molecule has 0 atom stereocenters. The minimum atomic E-state index is -0.420. The maximum absolute atomic E-state index is 11.9. The van der Waals surface area contributed by atoms with Crippen LogP contribution in [0.25, 0.3) is 0 Å². The van der Waals surface area contributed by atoms with Gasteiger partial charge in [0.05, 0.1) is 22.9 Å². The second-order valence-electron chi connectivity index (χ2n) is 3.99. The van der Waals surface area contributed by atoms with Gasteiger partial charge in [-0.3, -0.25) is 4.79 Å². The Bertz CT molecular complexity index is 698. The molecule has 0 unspecified atom stereocenters. The van der Waals surface area contributed by atoms with Gasteiger partial charge in [0.2, 0.25) is 5.76 Å². The van der Waals surface area contributed by atoms with Gasteiger partial charge in [-0.25, -0.2) is 0 Å². The van der Waals surface area contributed by atoms with Gasteiger partial charge >= 0.3 is 0 Å². The number of carbonyl (C=O) groups is 1. The summed E-state index contributed by atoms with van der Waals surface area (Å²) in [4.78, 5) is 11.9. The quantitative estimate of drug-likeness (QED) is 0.831. The highest BCUT2D eigenvalue weighted by Crippen LogP contribution is 2.23. The number of hydrogen-bond acceptors (Lipinski definition) is 4. The van der Waals surface area contributed by atoms with Crippen molar-refractivity contribution < 1.29 is 9.32 Å². The van der Waals surface area contributed by atoms with Crippen molar-refractivity contribution in [3.63, 3.8) is 0 Å². The van der Waals surface area contributed by atoms with Crippen LogP contribution in [-0.4, -0.2) is 17.6 Å². The van der Waals surface area contributed by atoms with Gasteiger partial charge in [-0.1, -0.05) is 28.6 Å². The molecular formula is C14H12ClN3O2. The van der Waals surface area contributed by atoms with Gasteiger partial charge in [0.1, 0.15) is 0 Å². The normalized spacial score (nSPS) is 9.75. The van der Waals surface area contributed by atoms with Crippen molar-refractivity contribution in [3.05, 3.63) is 46.3 Å². The molecule has 2 rings (SSSR count). The summed E-state index contributed by atoms with van der Waals surface area (Å²) in [5.41, 5.74) is 7.11. The van der Waals surface area contributed by atoms with Crippen LogP contribution < -0.4 is 11.1 Å². The molecule has 0 saturated heterocycles. The van der Waals surface area contributed by atoms with Crippen molar-refractivity contribution in [1.82, 2.24) is 5.16 Å². The lowest BCUT2D eigenvalue weighted by Gasteiger charge is -2.05. The van der Waals surface area contributed by atoms with Crippen molar-refractivity contribution >= 4 is 23.2 Å². The molecule has 3 N–H and O–H groups in total. The Hall–Kier alpha value is -2.29. The Morgan fingerprint density at radius 1 is 1.50 bits per heavy atom. The summed E-state index contributed by atoms with van der Waals surface area (Å²) in [5.74, 6) is 5.30. The zero-order valence-corrected chi connectivity index (χ0v) is 11.5. The lowest BCUT2D eigenvalue weighted by molar-refractivity contribution is 0.0988. The summed E-state index contributed by atoms with van der Waals surface area (Å²) in [7, 11) is 0. The molecule has 0 aliphatic carbocycles. The van der Waals surface area contributed by atoms with Crippen molar-refractivity contribution in [2.45, 2.75) is 6.92 Å². The van der Waals surface area contributed by atoms with Crippen LogP contribution in [0.2, 0.25) is 5.02 Å². The lowest BCUT2D eigenvalue weighted by Crippen LogP contribution is -2.11. The van der Waals surface area contributed by atoms with Crippen LogP contribution in [0.3, 0.4) is 0 Å². The zero-order chi connectivity index (χ0) is 14.5. The molecule has 2 aromatic rings. The van der Waals surface area contributed by atoms with Crippen LogP contribution in [0.1, 0.15) is 21.8 Å². The molecule has 0 fully saturated rings. The number of anilines is 1. The average Bonchev–Trinajstić information content (AvgIpc) is 2.86. The van der Waals surface area contributed by atoms with Gasteiger partial charge in [0.25, 0.3) is 5.91 Å². The SMILES string of the molecule is Cc1cc(C(=O)Nc2cc(C#CCN)ccc2Cl)on1. The van der Waals surface area contributed by atoms with Gasteiger partial charge in [-0.15, -0.1) is 0 Å². The van der Waals surface area contributed by atoms with E-state index in [9.17, 15) is 4.79 Å². The smallest absolute Gasteiger partial charge is 0.294 e. The van der Waals surface area contributed by atoms with Crippen molar-refractivity contribution in [1.29, 1.82) is 0 Å². The molecular weight excluding hydrogens is 278 g/mol. The Morgan fingerprint density at radius 2 is 2.30 bits per heavy atom. The van der Waals surface area contributed by atoms with E-state index in [0.717, 1.165) is 0 Å². The number of aromatic nitrogens is 1. The Balaban J connectivity index is 2.22. The van der Waals surface area contributed by atoms with Crippen LogP contribution in [0, 0.1) is 18.8 Å². The van der Waals surface area contributed by atoms with Crippen LogP contribution in [0.5, 0.6) is 0 Å². The third-order valence-electron chi connectivity index (χ3n) is 2.40. The number of aryl methyl sites for hydroxylation is 1. The summed E-state index contributed by atoms with van der Waals surface area (Å²) in [6.07, 6.45) is 0. The van der Waals surface area contributed by atoms with E-state index in [1.165, 1.54) is 0 Å². The molecule has 1 heterocycles. The van der Waals surface area contributed by atoms with E-state index in [1.54, 1.807) is 31.2 Å². The average molecular weight is 290 g/mol. The number of rotatable bonds is 2. The van der Waals surface area contributed by atoms with E-state index in [1.807, 2.05) is 0 Å². The number of amides is 1. The number of nitrogens with one attached hydrogen (secondary N) is 1. The molecule has 6 heteroatoms. The van der Waals surface area contributed by atoms with Gasteiger partial charge in [-0.05, 0) is 25.1 Å². The molecule has 5 nitrogen and oxygen atoms in total. The molecule has 20 heavy (non-hydrogen) atoms. The van der Waals surface area contributed by atoms with Crippen LogP contribution in [0.4, 0.5) is 5.69 Å². The highest BCUT2D eigenvalue weighted by molar-refractivity contribution is 6.33. The summed E-state index contributed by atoms with van der Waals surface area (Å²) in [6.45, 7) is 2.00. The predicted molar refractivity (Wildman–Crippen MR) is 76.6 cm³/mol. The first-order valence-electron chi connectivity index (χ1n) is 5.83. The summed E-state index contributed by atoms with van der Waals surface area (Å²) in [6, 6.07) is 6.62. The fourth-order valence-corrected chi connectivity index (χ4v) is 1.67. The molecule has 0 saturated carbocycles. The Morgan fingerprint density at radius 3 is 2.95 bits per heavy atom. The fraction of sp³-hybridized carbons (Fsp3) is 0.143. The first kappa shape index (κ1) is 14.1. The predicted octanol–water partition coefficient (Wildman–Crippen LogP) is 2.20. The topological polar surface area (TPSA) is 81.2 Å². The first-order chi connectivity index (χ1) is 9.60. The fourth-order valence-electron chi connectivity index (χ4n) is 1.51. The highest BCUT2D eigenvalue weighted by Gasteiger charge is 2.13. The summed E-state index contributed by atoms with van der Waals surface area (Å²) < 4.78 is 4.88. The number of nitrogens with zero attached hydrogens (tertiary/aromatic N) is 1. The number of nitrogens with two attached hydrogens (primary N) is 1. The number of carbonyl (C=O) groups excluding carboxylic acids is 1. The monoisotopic (exact) mass is 289 g/mol. The number of halogens is 1. The summed E-state index contributed by atoms with van der Waals surface area (Å²) in [5, 5.41) is 6.72. The van der Waals surface area contributed by atoms with E-state index < -0.39 is 5.91 Å². The van der Waals surface area contributed by atoms with E-state index in [4.69, 9.17) is 21.9 Å². The minimum Gasteiger partial charge on any atom is -0.351 e. The number of hydrogen-bond donors (Lipinski definition) is 2. The Labute approximate surface area is 121 Å². The molecule has 0 spiro atoms. The zero-order valence-electron chi connectivity index (χ0n) is 10.7. The van der Waals surface area contributed by atoms with Gasteiger partial charge in [0, 0.05) is 11.6 Å². The molecule has 0 aliphatic heterocycles. The molecule has 102 valence electrons. The largest absolute Gasteiger partial charge is 0.351 e.